The van der Waals surface area contributed by atoms with Crippen LogP contribution in [-0.4, -0.2) is 67.5 Å². The first-order valence-corrected chi connectivity index (χ1v) is 11.7. The van der Waals surface area contributed by atoms with Gasteiger partial charge in [0.15, 0.2) is 0 Å². The van der Waals surface area contributed by atoms with Crippen molar-refractivity contribution in [2.75, 3.05) is 33.4 Å². The summed E-state index contributed by atoms with van der Waals surface area (Å²) < 4.78 is 39.7. The molecule has 0 bridgehead atoms. The third-order valence-electron chi connectivity index (χ3n) is 5.91. The molecule has 0 saturated carbocycles. The number of benzene rings is 1. The van der Waals surface area contributed by atoms with Crippen molar-refractivity contribution in [3.05, 3.63) is 53.7 Å². The van der Waals surface area contributed by atoms with Crippen LogP contribution >= 0.6 is 0 Å². The van der Waals surface area contributed by atoms with Gasteiger partial charge in [0, 0.05) is 45.8 Å². The van der Waals surface area contributed by atoms with Crippen LogP contribution in [0.25, 0.3) is 0 Å². The molecule has 166 valence electrons. The van der Waals surface area contributed by atoms with Crippen molar-refractivity contribution < 1.29 is 22.7 Å². The average Bonchev–Trinajstić information content (AvgIpc) is 2.83. The molecule has 1 spiro atoms. The highest BCUT2D eigenvalue weighted by Gasteiger charge is 2.46. The molecule has 1 aromatic carbocycles. The van der Waals surface area contributed by atoms with Gasteiger partial charge in [-0.3, -0.25) is 4.79 Å². The van der Waals surface area contributed by atoms with E-state index in [1.54, 1.807) is 11.0 Å². The lowest BCUT2D eigenvalue weighted by atomic mass is 9.90. The molecule has 31 heavy (non-hydrogen) atoms. The zero-order chi connectivity index (χ0) is 22.1. The number of nitrogens with zero attached hydrogens (tertiary/aromatic N) is 3. The number of aryl methyl sites for hydroxylation is 1. The van der Waals surface area contributed by atoms with Crippen LogP contribution < -0.4 is 4.74 Å². The summed E-state index contributed by atoms with van der Waals surface area (Å²) in [5.74, 6) is 0.0548. The molecule has 0 aliphatic carbocycles. The standard InChI is InChI=1S/C22H27N3O5S/c1-17-5-7-18(8-6-17)14-25-16-22(9-12-24(13-10-22)20(26)15-29-2)30-21-19(31(25,27)28)4-3-11-23-21/h3-8,11H,9-10,12-16H2,1-2H3. The van der Waals surface area contributed by atoms with Gasteiger partial charge in [-0.05, 0) is 24.6 Å². The number of hydrogen-bond donors (Lipinski definition) is 0. The van der Waals surface area contributed by atoms with Crippen LogP contribution in [0.15, 0.2) is 47.5 Å². The first-order valence-electron chi connectivity index (χ1n) is 10.3. The van der Waals surface area contributed by atoms with E-state index >= 15 is 0 Å². The van der Waals surface area contributed by atoms with E-state index in [0.29, 0.717) is 25.9 Å². The van der Waals surface area contributed by atoms with Crippen LogP contribution in [0.3, 0.4) is 0 Å². The fourth-order valence-corrected chi connectivity index (χ4v) is 5.68. The number of hydrogen-bond acceptors (Lipinski definition) is 6. The second kappa shape index (κ2) is 8.57. The summed E-state index contributed by atoms with van der Waals surface area (Å²) in [6, 6.07) is 11.0. The van der Waals surface area contributed by atoms with Crippen LogP contribution in [0.2, 0.25) is 0 Å². The second-order valence-electron chi connectivity index (χ2n) is 8.16. The summed E-state index contributed by atoms with van der Waals surface area (Å²) in [4.78, 5) is 18.3. The molecule has 1 saturated heterocycles. The van der Waals surface area contributed by atoms with Gasteiger partial charge in [0.1, 0.15) is 17.1 Å². The van der Waals surface area contributed by atoms with Crippen molar-refractivity contribution >= 4 is 15.9 Å². The highest BCUT2D eigenvalue weighted by Crippen LogP contribution is 2.38. The van der Waals surface area contributed by atoms with Crippen molar-refractivity contribution in [3.63, 3.8) is 0 Å². The van der Waals surface area contributed by atoms with Gasteiger partial charge in [-0.25, -0.2) is 13.4 Å². The van der Waals surface area contributed by atoms with E-state index in [9.17, 15) is 13.2 Å². The first kappa shape index (κ1) is 21.7. The molecule has 2 aliphatic rings. The summed E-state index contributed by atoms with van der Waals surface area (Å²) >= 11 is 0. The predicted octanol–water partition coefficient (Wildman–Crippen LogP) is 1.98. The Hall–Kier alpha value is -2.49. The van der Waals surface area contributed by atoms with Crippen molar-refractivity contribution in [1.29, 1.82) is 0 Å². The number of ether oxygens (including phenoxy) is 2. The summed E-state index contributed by atoms with van der Waals surface area (Å²) in [6.45, 7) is 3.42. The molecule has 1 fully saturated rings. The smallest absolute Gasteiger partial charge is 0.248 e. The number of carbonyl (C=O) groups is 1. The van der Waals surface area contributed by atoms with Gasteiger partial charge < -0.3 is 14.4 Å². The minimum atomic E-state index is -3.80. The molecule has 2 aliphatic heterocycles. The topological polar surface area (TPSA) is 89.0 Å². The quantitative estimate of drug-likeness (QED) is 0.715. The monoisotopic (exact) mass is 445 g/mol. The number of methoxy groups -OCH3 is 1. The van der Waals surface area contributed by atoms with E-state index in [-0.39, 0.29) is 36.4 Å². The summed E-state index contributed by atoms with van der Waals surface area (Å²) in [7, 11) is -2.30. The van der Waals surface area contributed by atoms with Crippen LogP contribution in [0.4, 0.5) is 0 Å². The number of fused-ring (bicyclic) bond motifs is 1. The number of rotatable bonds is 4. The van der Waals surface area contributed by atoms with Crippen LogP contribution in [0.5, 0.6) is 5.88 Å². The van der Waals surface area contributed by atoms with Gasteiger partial charge in [0.25, 0.3) is 0 Å². The lowest BCUT2D eigenvalue weighted by Crippen LogP contribution is -2.55. The Kier molecular flexibility index (Phi) is 6.00. The Morgan fingerprint density at radius 3 is 2.58 bits per heavy atom. The minimum Gasteiger partial charge on any atom is -0.469 e. The molecule has 0 N–H and O–H groups in total. The second-order valence-corrected chi connectivity index (χ2v) is 10.1. The zero-order valence-corrected chi connectivity index (χ0v) is 18.6. The Labute approximate surface area is 182 Å². The Morgan fingerprint density at radius 2 is 1.90 bits per heavy atom. The maximum Gasteiger partial charge on any atom is 0.248 e. The third-order valence-corrected chi connectivity index (χ3v) is 7.71. The van der Waals surface area contributed by atoms with E-state index in [4.69, 9.17) is 9.47 Å². The Balaban J connectivity index is 1.65. The summed E-state index contributed by atoms with van der Waals surface area (Å²) in [5, 5.41) is 0. The highest BCUT2D eigenvalue weighted by atomic mass is 32.2. The lowest BCUT2D eigenvalue weighted by molar-refractivity contribution is -0.138. The zero-order valence-electron chi connectivity index (χ0n) is 17.8. The number of amides is 1. The summed E-state index contributed by atoms with van der Waals surface area (Å²) in [5.41, 5.74) is 1.27. The number of carbonyl (C=O) groups excluding carboxylic acids is 1. The number of likely N-dealkylation sites (tertiary alicyclic amines) is 1. The molecule has 0 radical (unpaired) electrons. The van der Waals surface area contributed by atoms with Crippen LogP contribution in [0.1, 0.15) is 24.0 Å². The fourth-order valence-electron chi connectivity index (χ4n) is 4.11. The molecule has 9 heteroatoms. The minimum absolute atomic E-state index is 0.0339. The van der Waals surface area contributed by atoms with Crippen molar-refractivity contribution in [3.8, 4) is 5.88 Å². The number of pyridine rings is 1. The van der Waals surface area contributed by atoms with Gasteiger partial charge >= 0.3 is 0 Å². The molecule has 4 rings (SSSR count). The largest absolute Gasteiger partial charge is 0.469 e. The van der Waals surface area contributed by atoms with Gasteiger partial charge in [-0.15, -0.1) is 0 Å². The predicted molar refractivity (Wildman–Crippen MR) is 114 cm³/mol. The van der Waals surface area contributed by atoms with E-state index in [0.717, 1.165) is 11.1 Å². The van der Waals surface area contributed by atoms with E-state index < -0.39 is 15.6 Å². The molecule has 8 nitrogen and oxygen atoms in total. The van der Waals surface area contributed by atoms with Crippen LogP contribution in [0, 0.1) is 6.92 Å². The van der Waals surface area contributed by atoms with E-state index in [2.05, 4.69) is 4.98 Å². The molecule has 1 amide bonds. The molecular formula is C22H27N3O5S. The number of aromatic nitrogens is 1. The van der Waals surface area contributed by atoms with Gasteiger partial charge in [-0.1, -0.05) is 29.8 Å². The first-order chi connectivity index (χ1) is 14.8. The SMILES string of the molecule is COCC(=O)N1CCC2(CC1)CN(Cc1ccc(C)cc1)S(=O)(=O)c1cccnc1O2. The normalized spacial score (nSPS) is 20.0. The maximum absolute atomic E-state index is 13.5. The Morgan fingerprint density at radius 1 is 1.19 bits per heavy atom. The molecule has 2 aromatic rings. The molecule has 3 heterocycles. The number of piperidine rings is 1. The van der Waals surface area contributed by atoms with Gasteiger partial charge in [-0.2, -0.15) is 4.31 Å². The van der Waals surface area contributed by atoms with Crippen LogP contribution in [-0.2, 0) is 26.1 Å². The van der Waals surface area contributed by atoms with Crippen molar-refractivity contribution in [2.45, 2.75) is 36.8 Å². The van der Waals surface area contributed by atoms with Gasteiger partial charge in [0.2, 0.25) is 21.8 Å². The van der Waals surface area contributed by atoms with Crippen molar-refractivity contribution in [1.82, 2.24) is 14.2 Å². The van der Waals surface area contributed by atoms with E-state index in [1.807, 2.05) is 31.2 Å². The molecular weight excluding hydrogens is 418 g/mol. The fraction of sp³-hybridized carbons (Fsp3) is 0.455. The number of sulfonamides is 1. The van der Waals surface area contributed by atoms with Crippen molar-refractivity contribution in [2.24, 2.45) is 0 Å². The van der Waals surface area contributed by atoms with E-state index in [1.165, 1.54) is 23.7 Å². The van der Waals surface area contributed by atoms with Gasteiger partial charge in [0.05, 0.1) is 6.54 Å². The molecule has 0 atom stereocenters. The molecule has 1 aromatic heterocycles. The maximum atomic E-state index is 13.5. The summed E-state index contributed by atoms with van der Waals surface area (Å²) in [6.07, 6.45) is 2.56. The Bertz CT molecular complexity index is 1050. The third kappa shape index (κ3) is 4.44. The molecule has 0 unspecified atom stereocenters. The lowest BCUT2D eigenvalue weighted by Gasteiger charge is -2.42. The highest BCUT2D eigenvalue weighted by molar-refractivity contribution is 7.89. The average molecular weight is 446 g/mol.